The number of ether oxygens (including phenoxy) is 1. The van der Waals surface area contributed by atoms with E-state index in [2.05, 4.69) is 10.3 Å². The topological polar surface area (TPSA) is 106 Å². The van der Waals surface area contributed by atoms with Gasteiger partial charge in [0.25, 0.3) is 5.91 Å². The van der Waals surface area contributed by atoms with Crippen molar-refractivity contribution in [3.8, 4) is 0 Å². The van der Waals surface area contributed by atoms with E-state index in [-0.39, 0.29) is 13.0 Å². The fraction of sp³-hybridized carbons (Fsp3) is 0.429. The van der Waals surface area contributed by atoms with Crippen molar-refractivity contribution in [1.82, 2.24) is 10.3 Å². The number of amides is 1. The van der Waals surface area contributed by atoms with E-state index in [9.17, 15) is 19.5 Å². The molecule has 0 aliphatic carbocycles. The predicted octanol–water partition coefficient (Wildman–Crippen LogP) is 0.854. The smallest absolute Gasteiger partial charge is 0.326 e. The first-order chi connectivity index (χ1) is 9.95. The molecule has 0 bridgehead atoms. The zero-order valence-electron chi connectivity index (χ0n) is 11.9. The second-order valence-electron chi connectivity index (χ2n) is 4.51. The van der Waals surface area contributed by atoms with Crippen LogP contribution >= 0.6 is 0 Å². The first-order valence-electron chi connectivity index (χ1n) is 6.55. The zero-order chi connectivity index (χ0) is 15.8. The average Bonchev–Trinajstić information content (AvgIpc) is 2.45. The highest BCUT2D eigenvalue weighted by atomic mass is 16.5. The number of pyridine rings is 1. The fourth-order valence-electron chi connectivity index (χ4n) is 1.78. The molecular weight excluding hydrogens is 276 g/mol. The van der Waals surface area contributed by atoms with E-state index in [0.717, 1.165) is 0 Å². The normalized spacial score (nSPS) is 13.0. The van der Waals surface area contributed by atoms with Crippen LogP contribution in [0.5, 0.6) is 0 Å². The van der Waals surface area contributed by atoms with Gasteiger partial charge in [0.1, 0.15) is 6.04 Å². The van der Waals surface area contributed by atoms with Crippen LogP contribution in [-0.4, -0.2) is 40.6 Å². The summed E-state index contributed by atoms with van der Waals surface area (Å²) < 4.78 is 4.78. The number of carbonyl (C=O) groups is 3. The molecule has 21 heavy (non-hydrogen) atoms. The summed E-state index contributed by atoms with van der Waals surface area (Å²) in [4.78, 5) is 38.4. The number of aliphatic carboxylic acids is 1. The molecule has 7 heteroatoms. The summed E-state index contributed by atoms with van der Waals surface area (Å²) in [6.07, 6.45) is 2.79. The van der Waals surface area contributed by atoms with Crippen molar-refractivity contribution < 1.29 is 24.2 Å². The Labute approximate surface area is 122 Å². The first kappa shape index (κ1) is 16.6. The third kappa shape index (κ3) is 5.21. The Kier molecular flexibility index (Phi) is 6.32. The Bertz CT molecular complexity index is 503. The van der Waals surface area contributed by atoms with Crippen molar-refractivity contribution in [3.63, 3.8) is 0 Å². The summed E-state index contributed by atoms with van der Waals surface area (Å²) in [7, 11) is 0. The van der Waals surface area contributed by atoms with Gasteiger partial charge in [-0.05, 0) is 25.0 Å². The number of carboxylic acids is 1. The van der Waals surface area contributed by atoms with Gasteiger partial charge in [-0.2, -0.15) is 0 Å². The molecule has 0 fully saturated rings. The van der Waals surface area contributed by atoms with Crippen molar-refractivity contribution >= 4 is 17.8 Å². The molecule has 0 saturated heterocycles. The van der Waals surface area contributed by atoms with Crippen LogP contribution in [0, 0.1) is 5.92 Å². The largest absolute Gasteiger partial charge is 0.480 e. The van der Waals surface area contributed by atoms with Crippen LogP contribution in [0.2, 0.25) is 0 Å². The molecule has 114 valence electrons. The average molecular weight is 294 g/mol. The summed E-state index contributed by atoms with van der Waals surface area (Å²) in [6, 6.07) is 1.78. The second-order valence-corrected chi connectivity index (χ2v) is 4.51. The number of rotatable bonds is 7. The molecule has 1 aromatic rings. The minimum atomic E-state index is -1.20. The summed E-state index contributed by atoms with van der Waals surface area (Å²) >= 11 is 0. The number of aromatic nitrogens is 1. The Morgan fingerprint density at radius 3 is 2.48 bits per heavy atom. The maximum absolute atomic E-state index is 12.0. The molecule has 2 atom stereocenters. The maximum Gasteiger partial charge on any atom is 0.326 e. The highest BCUT2D eigenvalue weighted by Crippen LogP contribution is 2.11. The van der Waals surface area contributed by atoms with Crippen LogP contribution in [0.3, 0.4) is 0 Å². The third-order valence-electron chi connectivity index (χ3n) is 2.86. The highest BCUT2D eigenvalue weighted by Gasteiger charge is 2.28. The molecule has 0 aliphatic rings. The molecular formula is C14H18N2O5. The minimum Gasteiger partial charge on any atom is -0.480 e. The molecule has 1 heterocycles. The molecule has 2 N–H and O–H groups in total. The van der Waals surface area contributed by atoms with Gasteiger partial charge in [0.15, 0.2) is 0 Å². The Hall–Kier alpha value is -2.44. The minimum absolute atomic E-state index is 0.0819. The number of nitrogens with zero attached hydrogens (tertiary/aromatic N) is 1. The molecule has 1 aromatic heterocycles. The molecule has 0 saturated carbocycles. The number of esters is 1. The first-order valence-corrected chi connectivity index (χ1v) is 6.55. The van der Waals surface area contributed by atoms with Gasteiger partial charge in [0.05, 0.1) is 13.0 Å². The van der Waals surface area contributed by atoms with E-state index < -0.39 is 29.8 Å². The lowest BCUT2D eigenvalue weighted by Gasteiger charge is -2.20. The summed E-state index contributed by atoms with van der Waals surface area (Å²) in [5.74, 6) is -2.81. The number of nitrogens with one attached hydrogen (secondary N) is 1. The van der Waals surface area contributed by atoms with Crippen LogP contribution in [0.25, 0.3) is 0 Å². The standard InChI is InChI=1S/C14H18N2O5/c1-3-21-11(17)8-9(2)12(14(19)20)16-13(18)10-4-6-15-7-5-10/h4-7,9,12H,3,8H2,1-2H3,(H,16,18)(H,19,20)/t9-,12+/m1/s1. The lowest BCUT2D eigenvalue weighted by atomic mass is 9.98. The highest BCUT2D eigenvalue weighted by molar-refractivity contribution is 5.96. The summed E-state index contributed by atoms with van der Waals surface area (Å²) in [5, 5.41) is 11.6. The monoisotopic (exact) mass is 294 g/mol. The van der Waals surface area contributed by atoms with E-state index >= 15 is 0 Å². The summed E-state index contributed by atoms with van der Waals surface area (Å²) in [5.41, 5.74) is 0.305. The third-order valence-corrected chi connectivity index (χ3v) is 2.86. The van der Waals surface area contributed by atoms with Gasteiger partial charge in [-0.25, -0.2) is 4.79 Å². The lowest BCUT2D eigenvalue weighted by molar-refractivity contribution is -0.145. The van der Waals surface area contributed by atoms with Gasteiger partial charge in [-0.1, -0.05) is 6.92 Å². The lowest BCUT2D eigenvalue weighted by Crippen LogP contribution is -2.45. The van der Waals surface area contributed by atoms with Crippen LogP contribution < -0.4 is 5.32 Å². The molecule has 0 unspecified atom stereocenters. The Morgan fingerprint density at radius 1 is 1.33 bits per heavy atom. The Morgan fingerprint density at radius 2 is 1.95 bits per heavy atom. The molecule has 0 radical (unpaired) electrons. The number of carboxylic acid groups (broad SMARTS) is 1. The van der Waals surface area contributed by atoms with Crippen molar-refractivity contribution in [3.05, 3.63) is 30.1 Å². The van der Waals surface area contributed by atoms with Gasteiger partial charge < -0.3 is 15.2 Å². The van der Waals surface area contributed by atoms with Crippen molar-refractivity contribution in [2.45, 2.75) is 26.3 Å². The van der Waals surface area contributed by atoms with Crippen LogP contribution in [0.15, 0.2) is 24.5 Å². The van der Waals surface area contributed by atoms with E-state index in [4.69, 9.17) is 4.74 Å². The van der Waals surface area contributed by atoms with E-state index in [0.29, 0.717) is 5.56 Å². The predicted molar refractivity (Wildman–Crippen MR) is 73.5 cm³/mol. The van der Waals surface area contributed by atoms with Crippen molar-refractivity contribution in [2.24, 2.45) is 5.92 Å². The number of carbonyl (C=O) groups excluding carboxylic acids is 2. The van der Waals surface area contributed by atoms with Crippen LogP contribution in [0.4, 0.5) is 0 Å². The zero-order valence-corrected chi connectivity index (χ0v) is 11.9. The van der Waals surface area contributed by atoms with E-state index in [1.54, 1.807) is 13.8 Å². The molecule has 0 aromatic carbocycles. The molecule has 0 aliphatic heterocycles. The molecule has 1 rings (SSSR count). The van der Waals surface area contributed by atoms with Gasteiger partial charge in [-0.15, -0.1) is 0 Å². The molecule has 7 nitrogen and oxygen atoms in total. The number of hydrogen-bond acceptors (Lipinski definition) is 5. The van der Waals surface area contributed by atoms with Crippen molar-refractivity contribution in [1.29, 1.82) is 0 Å². The second kappa shape index (κ2) is 7.98. The molecule has 0 spiro atoms. The van der Waals surface area contributed by atoms with Crippen LogP contribution in [-0.2, 0) is 14.3 Å². The fourth-order valence-corrected chi connectivity index (χ4v) is 1.78. The van der Waals surface area contributed by atoms with E-state index in [1.165, 1.54) is 24.5 Å². The van der Waals surface area contributed by atoms with Crippen LogP contribution in [0.1, 0.15) is 30.6 Å². The van der Waals surface area contributed by atoms with Gasteiger partial charge >= 0.3 is 11.9 Å². The summed E-state index contributed by atoms with van der Waals surface area (Å²) in [6.45, 7) is 3.47. The van der Waals surface area contributed by atoms with Gasteiger partial charge in [0.2, 0.25) is 0 Å². The number of hydrogen-bond donors (Lipinski definition) is 2. The van der Waals surface area contributed by atoms with Gasteiger partial charge in [-0.3, -0.25) is 14.6 Å². The Balaban J connectivity index is 2.71. The molecule has 1 amide bonds. The quantitative estimate of drug-likeness (QED) is 0.722. The van der Waals surface area contributed by atoms with E-state index in [1.807, 2.05) is 0 Å². The maximum atomic E-state index is 12.0. The van der Waals surface area contributed by atoms with Gasteiger partial charge in [0, 0.05) is 18.0 Å². The van der Waals surface area contributed by atoms with Crippen molar-refractivity contribution in [2.75, 3.05) is 6.61 Å². The SMILES string of the molecule is CCOC(=O)C[C@@H](C)[C@H](NC(=O)c1ccncc1)C(=O)O.